The maximum Gasteiger partial charge on any atom is 0.257 e. The Bertz CT molecular complexity index is 965. The molecule has 170 valence electrons. The summed E-state index contributed by atoms with van der Waals surface area (Å²) in [6.45, 7) is 5.96. The number of fused-ring (bicyclic) bond motifs is 1. The number of rotatable bonds is 4. The van der Waals surface area contributed by atoms with Gasteiger partial charge in [-0.1, -0.05) is 12.1 Å². The molecule has 3 heterocycles. The Kier molecular flexibility index (Phi) is 5.97. The minimum Gasteiger partial charge on any atom is -0.487 e. The van der Waals surface area contributed by atoms with Crippen molar-refractivity contribution in [1.82, 2.24) is 14.9 Å². The first-order chi connectivity index (χ1) is 15.6. The highest BCUT2D eigenvalue weighted by Crippen LogP contribution is 2.39. The smallest absolute Gasteiger partial charge is 0.257 e. The average molecular weight is 439 g/mol. The van der Waals surface area contributed by atoms with Crippen molar-refractivity contribution in [1.29, 1.82) is 0 Å². The van der Waals surface area contributed by atoms with Gasteiger partial charge in [-0.2, -0.15) is 0 Å². The maximum absolute atomic E-state index is 13.1. The second-order valence-electron chi connectivity index (χ2n) is 8.98. The average Bonchev–Trinajstić information content (AvgIpc) is 3.22. The zero-order valence-electron chi connectivity index (χ0n) is 18.4. The molecule has 8 nitrogen and oxygen atoms in total. The van der Waals surface area contributed by atoms with Crippen LogP contribution in [0.2, 0.25) is 0 Å². The highest BCUT2D eigenvalue weighted by Gasteiger charge is 2.43. The van der Waals surface area contributed by atoms with Crippen molar-refractivity contribution in [2.75, 3.05) is 44.3 Å². The van der Waals surface area contributed by atoms with Gasteiger partial charge in [0.15, 0.2) is 0 Å². The Hall–Kier alpha value is -2.71. The molecule has 0 unspecified atom stereocenters. The van der Waals surface area contributed by atoms with E-state index in [0.29, 0.717) is 55.9 Å². The van der Waals surface area contributed by atoms with Crippen molar-refractivity contribution < 1.29 is 19.4 Å². The number of aliphatic hydroxyl groups excluding tert-OH is 1. The highest BCUT2D eigenvalue weighted by molar-refractivity contribution is 5.97. The van der Waals surface area contributed by atoms with E-state index < -0.39 is 6.10 Å². The van der Waals surface area contributed by atoms with Crippen LogP contribution in [0.25, 0.3) is 0 Å². The van der Waals surface area contributed by atoms with Crippen LogP contribution in [0.5, 0.6) is 5.75 Å². The molecule has 1 aromatic heterocycles. The molecular formula is C24H30N4O4. The van der Waals surface area contributed by atoms with Crippen LogP contribution in [0.4, 0.5) is 5.82 Å². The molecule has 2 saturated heterocycles. The Morgan fingerprint density at radius 2 is 1.88 bits per heavy atom. The fraction of sp³-hybridized carbons (Fsp3) is 0.542. The van der Waals surface area contributed by atoms with E-state index in [1.807, 2.05) is 31.2 Å². The Balaban J connectivity index is 1.28. The number of benzene rings is 1. The first kappa shape index (κ1) is 21.2. The second kappa shape index (κ2) is 9.03. The minimum absolute atomic E-state index is 0.0433. The van der Waals surface area contributed by atoms with Gasteiger partial charge in [-0.3, -0.25) is 4.79 Å². The molecular weight excluding hydrogens is 408 g/mol. The number of para-hydroxylation sites is 1. The number of morpholine rings is 1. The number of nitrogens with zero attached hydrogens (tertiary/aromatic N) is 4. The normalized spacial score (nSPS) is 27.8. The number of hydrogen-bond acceptors (Lipinski definition) is 7. The summed E-state index contributed by atoms with van der Waals surface area (Å²) < 4.78 is 11.7. The summed E-state index contributed by atoms with van der Waals surface area (Å²) in [6.07, 6.45) is 2.35. The SMILES string of the molecule is Cc1nccc(N2C[C@H]3C[C@@H](Oc4ccccc4C(=O)N4CCOCC4)[C@H](O)C[C@H]3C2)n1. The van der Waals surface area contributed by atoms with E-state index in [2.05, 4.69) is 14.9 Å². The van der Waals surface area contributed by atoms with Crippen LogP contribution in [0.1, 0.15) is 29.0 Å². The summed E-state index contributed by atoms with van der Waals surface area (Å²) in [7, 11) is 0. The third kappa shape index (κ3) is 4.29. The van der Waals surface area contributed by atoms with Gasteiger partial charge in [-0.15, -0.1) is 0 Å². The number of amides is 1. The molecule has 0 radical (unpaired) electrons. The quantitative estimate of drug-likeness (QED) is 0.780. The molecule has 4 atom stereocenters. The minimum atomic E-state index is -0.560. The molecule has 2 aromatic rings. The molecule has 0 spiro atoms. The summed E-state index contributed by atoms with van der Waals surface area (Å²) >= 11 is 0. The third-order valence-electron chi connectivity index (χ3n) is 6.86. The Morgan fingerprint density at radius 3 is 2.66 bits per heavy atom. The Labute approximate surface area is 188 Å². The lowest BCUT2D eigenvalue weighted by molar-refractivity contribution is -0.0237. The van der Waals surface area contributed by atoms with Crippen molar-refractivity contribution in [3.63, 3.8) is 0 Å². The predicted molar refractivity (Wildman–Crippen MR) is 119 cm³/mol. The van der Waals surface area contributed by atoms with E-state index in [1.165, 1.54) is 0 Å². The van der Waals surface area contributed by atoms with Gasteiger partial charge >= 0.3 is 0 Å². The molecule has 1 amide bonds. The topological polar surface area (TPSA) is 88.0 Å². The van der Waals surface area contributed by atoms with Crippen molar-refractivity contribution in [2.24, 2.45) is 11.8 Å². The zero-order chi connectivity index (χ0) is 22.1. The van der Waals surface area contributed by atoms with Crippen LogP contribution in [-0.2, 0) is 4.74 Å². The fourth-order valence-electron chi connectivity index (χ4n) is 5.17. The highest BCUT2D eigenvalue weighted by atomic mass is 16.5. The molecule has 0 bridgehead atoms. The molecule has 1 saturated carbocycles. The second-order valence-corrected chi connectivity index (χ2v) is 8.98. The van der Waals surface area contributed by atoms with E-state index >= 15 is 0 Å². The van der Waals surface area contributed by atoms with Crippen LogP contribution in [0.15, 0.2) is 36.5 Å². The van der Waals surface area contributed by atoms with E-state index in [-0.39, 0.29) is 12.0 Å². The predicted octanol–water partition coefficient (Wildman–Crippen LogP) is 1.91. The van der Waals surface area contributed by atoms with Gasteiger partial charge in [0.05, 0.1) is 24.9 Å². The lowest BCUT2D eigenvalue weighted by Crippen LogP contribution is -2.43. The molecule has 1 aromatic carbocycles. The lowest BCUT2D eigenvalue weighted by Gasteiger charge is -2.35. The molecule has 2 aliphatic heterocycles. The van der Waals surface area contributed by atoms with Gasteiger partial charge in [-0.25, -0.2) is 9.97 Å². The van der Waals surface area contributed by atoms with E-state index in [4.69, 9.17) is 9.47 Å². The number of carbonyl (C=O) groups is 1. The van der Waals surface area contributed by atoms with Crippen molar-refractivity contribution >= 4 is 11.7 Å². The summed E-state index contributed by atoms with van der Waals surface area (Å²) in [6, 6.07) is 9.31. The van der Waals surface area contributed by atoms with Crippen LogP contribution in [-0.4, -0.2) is 77.5 Å². The molecule has 1 aliphatic carbocycles. The molecule has 1 N–H and O–H groups in total. The standard InChI is InChI=1S/C24H30N4O4/c1-16-25-7-6-23(26-16)28-14-17-12-20(29)22(13-18(17)15-28)32-21-5-3-2-4-19(21)24(30)27-8-10-31-11-9-27/h2-7,17-18,20,22,29H,8-15H2,1H3/t17-,18+,20+,22+/m0/s1. The first-order valence-electron chi connectivity index (χ1n) is 11.4. The third-order valence-corrected chi connectivity index (χ3v) is 6.86. The Morgan fingerprint density at radius 1 is 1.12 bits per heavy atom. The zero-order valence-corrected chi connectivity index (χ0v) is 18.4. The summed E-state index contributed by atoms with van der Waals surface area (Å²) in [4.78, 5) is 25.9. The molecule has 8 heteroatoms. The molecule has 5 rings (SSSR count). The fourth-order valence-corrected chi connectivity index (χ4v) is 5.17. The van der Waals surface area contributed by atoms with Gasteiger partial charge in [0.2, 0.25) is 0 Å². The summed E-state index contributed by atoms with van der Waals surface area (Å²) in [5, 5.41) is 10.9. The van der Waals surface area contributed by atoms with Crippen LogP contribution < -0.4 is 9.64 Å². The van der Waals surface area contributed by atoms with Crippen LogP contribution in [0, 0.1) is 18.8 Å². The van der Waals surface area contributed by atoms with E-state index in [1.54, 1.807) is 17.2 Å². The molecule has 32 heavy (non-hydrogen) atoms. The first-order valence-corrected chi connectivity index (χ1v) is 11.4. The summed E-state index contributed by atoms with van der Waals surface area (Å²) in [5.74, 6) is 3.04. The van der Waals surface area contributed by atoms with Gasteiger partial charge in [0, 0.05) is 32.4 Å². The van der Waals surface area contributed by atoms with E-state index in [0.717, 1.165) is 31.2 Å². The number of aliphatic hydroxyl groups is 1. The monoisotopic (exact) mass is 438 g/mol. The maximum atomic E-state index is 13.1. The molecule has 3 aliphatic rings. The van der Waals surface area contributed by atoms with Crippen LogP contribution in [0.3, 0.4) is 0 Å². The number of aryl methyl sites for hydroxylation is 1. The van der Waals surface area contributed by atoms with Gasteiger partial charge < -0.3 is 24.4 Å². The van der Waals surface area contributed by atoms with E-state index in [9.17, 15) is 9.90 Å². The lowest BCUT2D eigenvalue weighted by atomic mass is 9.78. The van der Waals surface area contributed by atoms with Crippen LogP contribution >= 0.6 is 0 Å². The van der Waals surface area contributed by atoms with Crippen molar-refractivity contribution in [2.45, 2.75) is 32.0 Å². The number of hydrogen-bond donors (Lipinski definition) is 1. The van der Waals surface area contributed by atoms with Crippen molar-refractivity contribution in [3.8, 4) is 5.75 Å². The number of carbonyl (C=O) groups excluding carboxylic acids is 1. The number of aromatic nitrogens is 2. The van der Waals surface area contributed by atoms with Gasteiger partial charge in [0.25, 0.3) is 5.91 Å². The van der Waals surface area contributed by atoms with Crippen molar-refractivity contribution in [3.05, 3.63) is 47.9 Å². The van der Waals surface area contributed by atoms with Gasteiger partial charge in [0.1, 0.15) is 23.5 Å². The number of ether oxygens (including phenoxy) is 2. The largest absolute Gasteiger partial charge is 0.487 e. The molecule has 3 fully saturated rings. The summed E-state index contributed by atoms with van der Waals surface area (Å²) in [5.41, 5.74) is 0.549. The van der Waals surface area contributed by atoms with Gasteiger partial charge in [-0.05, 0) is 49.8 Å². The number of anilines is 1.